The van der Waals surface area contributed by atoms with Crippen molar-refractivity contribution in [3.8, 4) is 5.95 Å². The van der Waals surface area contributed by atoms with E-state index in [0.717, 1.165) is 32.3 Å². The maximum Gasteiger partial charge on any atom is 0.277 e. The SMILES string of the molecule is Cc1[nH]n(-c2nc3ccccc3[nH]2)c(=O)c1Cc1ccc(Br)cc1. The number of aromatic nitrogens is 4. The number of nitrogens with one attached hydrogen (secondary N) is 2. The van der Waals surface area contributed by atoms with E-state index in [1.54, 1.807) is 0 Å². The number of fused-ring (bicyclic) bond motifs is 1. The molecule has 0 spiro atoms. The minimum atomic E-state index is -0.0746. The summed E-state index contributed by atoms with van der Waals surface area (Å²) in [4.78, 5) is 20.5. The Morgan fingerprint density at radius 3 is 2.62 bits per heavy atom. The van der Waals surface area contributed by atoms with Gasteiger partial charge in [-0.05, 0) is 36.8 Å². The average molecular weight is 383 g/mol. The monoisotopic (exact) mass is 382 g/mol. The van der Waals surface area contributed by atoms with Gasteiger partial charge in [0.2, 0.25) is 5.95 Å². The van der Waals surface area contributed by atoms with Crippen molar-refractivity contribution >= 4 is 27.0 Å². The fraction of sp³-hybridized carbons (Fsp3) is 0.111. The summed E-state index contributed by atoms with van der Waals surface area (Å²) in [5.41, 5.74) is 4.35. The van der Waals surface area contributed by atoms with Gasteiger partial charge in [0.15, 0.2) is 0 Å². The molecular weight excluding hydrogens is 368 g/mol. The van der Waals surface area contributed by atoms with E-state index in [9.17, 15) is 4.79 Å². The predicted molar refractivity (Wildman–Crippen MR) is 97.7 cm³/mol. The largest absolute Gasteiger partial charge is 0.322 e. The summed E-state index contributed by atoms with van der Waals surface area (Å²) >= 11 is 3.43. The summed E-state index contributed by atoms with van der Waals surface area (Å²) in [6, 6.07) is 15.7. The van der Waals surface area contributed by atoms with Gasteiger partial charge in [-0.1, -0.05) is 40.2 Å². The Labute approximate surface area is 146 Å². The highest BCUT2D eigenvalue weighted by Crippen LogP contribution is 2.16. The lowest BCUT2D eigenvalue weighted by atomic mass is 10.1. The van der Waals surface area contributed by atoms with Crippen LogP contribution in [0.2, 0.25) is 0 Å². The van der Waals surface area contributed by atoms with E-state index >= 15 is 0 Å². The van der Waals surface area contributed by atoms with Gasteiger partial charge in [0.05, 0.1) is 11.0 Å². The third-order valence-corrected chi connectivity index (χ3v) is 4.60. The Hall–Kier alpha value is -2.60. The number of H-pyrrole nitrogens is 2. The van der Waals surface area contributed by atoms with Crippen LogP contribution in [0.25, 0.3) is 17.0 Å². The highest BCUT2D eigenvalue weighted by molar-refractivity contribution is 9.10. The van der Waals surface area contributed by atoms with Crippen LogP contribution in [0.15, 0.2) is 57.8 Å². The molecule has 0 bridgehead atoms. The van der Waals surface area contributed by atoms with Crippen LogP contribution in [-0.2, 0) is 6.42 Å². The van der Waals surface area contributed by atoms with E-state index in [1.807, 2.05) is 55.5 Å². The Kier molecular flexibility index (Phi) is 3.61. The van der Waals surface area contributed by atoms with Gasteiger partial charge in [0.25, 0.3) is 5.56 Å². The summed E-state index contributed by atoms with van der Waals surface area (Å²) in [6.45, 7) is 1.91. The molecule has 4 aromatic rings. The Morgan fingerprint density at radius 1 is 1.12 bits per heavy atom. The highest BCUT2D eigenvalue weighted by Gasteiger charge is 2.15. The van der Waals surface area contributed by atoms with Gasteiger partial charge in [-0.25, -0.2) is 4.98 Å². The standard InChI is InChI=1S/C18H15BrN4O/c1-11-14(10-12-6-8-13(19)9-7-12)17(24)23(22-11)18-20-15-4-2-3-5-16(15)21-18/h2-9,22H,10H2,1H3,(H,20,21). The van der Waals surface area contributed by atoms with Crippen molar-refractivity contribution in [1.29, 1.82) is 0 Å². The van der Waals surface area contributed by atoms with Gasteiger partial charge >= 0.3 is 0 Å². The molecule has 0 aliphatic carbocycles. The van der Waals surface area contributed by atoms with E-state index in [4.69, 9.17) is 0 Å². The van der Waals surface area contributed by atoms with Crippen molar-refractivity contribution < 1.29 is 0 Å². The zero-order chi connectivity index (χ0) is 16.7. The molecule has 24 heavy (non-hydrogen) atoms. The van der Waals surface area contributed by atoms with Crippen LogP contribution in [0.4, 0.5) is 0 Å². The fourth-order valence-corrected chi connectivity index (χ4v) is 3.05. The van der Waals surface area contributed by atoms with Crippen molar-refractivity contribution in [2.24, 2.45) is 0 Å². The molecule has 120 valence electrons. The Balaban J connectivity index is 1.75. The van der Waals surface area contributed by atoms with Crippen LogP contribution in [-0.4, -0.2) is 19.7 Å². The van der Waals surface area contributed by atoms with Crippen LogP contribution in [0, 0.1) is 6.92 Å². The minimum Gasteiger partial charge on any atom is -0.322 e. The van der Waals surface area contributed by atoms with E-state index in [-0.39, 0.29) is 5.56 Å². The minimum absolute atomic E-state index is 0.0746. The van der Waals surface area contributed by atoms with E-state index in [2.05, 4.69) is 31.0 Å². The van der Waals surface area contributed by atoms with Gasteiger partial charge in [-0.3, -0.25) is 9.89 Å². The second-order valence-electron chi connectivity index (χ2n) is 5.74. The molecular formula is C18H15BrN4O. The molecule has 0 aliphatic rings. The summed E-state index contributed by atoms with van der Waals surface area (Å²) in [6.07, 6.45) is 0.585. The third-order valence-electron chi connectivity index (χ3n) is 4.08. The maximum absolute atomic E-state index is 12.8. The fourth-order valence-electron chi connectivity index (χ4n) is 2.79. The van der Waals surface area contributed by atoms with Gasteiger partial charge in [-0.15, -0.1) is 0 Å². The zero-order valence-electron chi connectivity index (χ0n) is 13.0. The Morgan fingerprint density at radius 2 is 1.88 bits per heavy atom. The number of benzene rings is 2. The number of para-hydroxylation sites is 2. The summed E-state index contributed by atoms with van der Waals surface area (Å²) in [5, 5.41) is 3.12. The molecule has 2 aromatic heterocycles. The lowest BCUT2D eigenvalue weighted by molar-refractivity contribution is 0.790. The highest BCUT2D eigenvalue weighted by atomic mass is 79.9. The lowest BCUT2D eigenvalue weighted by Crippen LogP contribution is -2.18. The molecule has 0 fully saturated rings. The number of imidazole rings is 1. The van der Waals surface area contributed by atoms with Crippen molar-refractivity contribution in [1.82, 2.24) is 19.7 Å². The second-order valence-corrected chi connectivity index (χ2v) is 6.65. The topological polar surface area (TPSA) is 66.5 Å². The molecule has 0 atom stereocenters. The predicted octanol–water partition coefficient (Wildman–Crippen LogP) is 3.70. The van der Waals surface area contributed by atoms with Gasteiger partial charge in [0.1, 0.15) is 0 Å². The van der Waals surface area contributed by atoms with Crippen LogP contribution in [0.1, 0.15) is 16.8 Å². The van der Waals surface area contributed by atoms with E-state index in [0.29, 0.717) is 12.4 Å². The quantitative estimate of drug-likeness (QED) is 0.567. The van der Waals surface area contributed by atoms with Crippen molar-refractivity contribution in [3.05, 3.63) is 80.2 Å². The first-order valence-corrected chi connectivity index (χ1v) is 8.41. The van der Waals surface area contributed by atoms with Crippen LogP contribution in [0.3, 0.4) is 0 Å². The number of hydrogen-bond acceptors (Lipinski definition) is 2. The molecule has 6 heteroatoms. The van der Waals surface area contributed by atoms with Crippen molar-refractivity contribution in [3.63, 3.8) is 0 Å². The van der Waals surface area contributed by atoms with Crippen LogP contribution >= 0.6 is 15.9 Å². The summed E-state index contributed by atoms with van der Waals surface area (Å²) < 4.78 is 2.50. The molecule has 0 saturated carbocycles. The average Bonchev–Trinajstić information content (AvgIpc) is 3.12. The molecule has 0 unspecified atom stereocenters. The number of aromatic amines is 2. The van der Waals surface area contributed by atoms with Crippen molar-refractivity contribution in [2.75, 3.05) is 0 Å². The Bertz CT molecular complexity index is 1040. The third kappa shape index (κ3) is 2.59. The molecule has 2 aromatic carbocycles. The van der Waals surface area contributed by atoms with E-state index in [1.165, 1.54) is 4.68 Å². The lowest BCUT2D eigenvalue weighted by Gasteiger charge is -1.99. The summed E-state index contributed by atoms with van der Waals surface area (Å²) in [5.74, 6) is 0.506. The molecule has 0 amide bonds. The normalized spacial score (nSPS) is 11.2. The first-order valence-electron chi connectivity index (χ1n) is 7.62. The molecule has 0 radical (unpaired) electrons. The molecule has 0 saturated heterocycles. The first-order chi connectivity index (χ1) is 11.6. The van der Waals surface area contributed by atoms with Gasteiger partial charge in [0, 0.05) is 22.2 Å². The molecule has 4 rings (SSSR count). The second kappa shape index (κ2) is 5.79. The number of aryl methyl sites for hydroxylation is 1. The van der Waals surface area contributed by atoms with Gasteiger partial charge in [-0.2, -0.15) is 4.68 Å². The molecule has 2 heterocycles. The smallest absolute Gasteiger partial charge is 0.277 e. The molecule has 5 nitrogen and oxygen atoms in total. The van der Waals surface area contributed by atoms with E-state index < -0.39 is 0 Å². The number of rotatable bonds is 3. The molecule has 2 N–H and O–H groups in total. The number of nitrogens with zero attached hydrogens (tertiary/aromatic N) is 2. The van der Waals surface area contributed by atoms with Crippen molar-refractivity contribution in [2.45, 2.75) is 13.3 Å². The van der Waals surface area contributed by atoms with Gasteiger partial charge < -0.3 is 4.98 Å². The van der Waals surface area contributed by atoms with Crippen LogP contribution in [0.5, 0.6) is 0 Å². The first kappa shape index (κ1) is 15.0. The number of halogens is 1. The number of hydrogen-bond donors (Lipinski definition) is 2. The molecule has 0 aliphatic heterocycles. The van der Waals surface area contributed by atoms with Crippen LogP contribution < -0.4 is 5.56 Å². The summed E-state index contributed by atoms with van der Waals surface area (Å²) in [7, 11) is 0. The zero-order valence-corrected chi connectivity index (χ0v) is 14.6. The maximum atomic E-state index is 12.8.